The van der Waals surface area contributed by atoms with Crippen LogP contribution in [0.3, 0.4) is 0 Å². The van der Waals surface area contributed by atoms with E-state index in [2.05, 4.69) is 10.3 Å². The molecular formula is C22H24N4O3S. The summed E-state index contributed by atoms with van der Waals surface area (Å²) in [7, 11) is -3.67. The number of fused-ring (bicyclic) bond motifs is 1. The van der Waals surface area contributed by atoms with Crippen LogP contribution in [0, 0.1) is 0 Å². The first-order chi connectivity index (χ1) is 14.5. The standard InChI is InChI=1S/C22H24N4O3S/c27-22(24-10-4-12-25-14-11-23-17-25)19-7-3-8-21(15-19)30(28,29)26-13-9-18-5-1-2-6-20(18)16-26/h1-3,5-8,11,14-15,17H,4,9-10,12-13,16H2,(H,24,27). The molecule has 0 radical (unpaired) electrons. The molecule has 3 aromatic rings. The van der Waals surface area contributed by atoms with Crippen LogP contribution < -0.4 is 5.32 Å². The van der Waals surface area contributed by atoms with Gasteiger partial charge in [-0.15, -0.1) is 0 Å². The molecule has 0 bridgehead atoms. The summed E-state index contributed by atoms with van der Waals surface area (Å²) in [5.74, 6) is -0.276. The highest BCUT2D eigenvalue weighted by molar-refractivity contribution is 7.89. The number of sulfonamides is 1. The van der Waals surface area contributed by atoms with Crippen LogP contribution in [0.15, 0.2) is 72.1 Å². The lowest BCUT2D eigenvalue weighted by Gasteiger charge is -2.28. The van der Waals surface area contributed by atoms with Crippen LogP contribution in [0.1, 0.15) is 27.9 Å². The Morgan fingerprint density at radius 2 is 1.93 bits per heavy atom. The van der Waals surface area contributed by atoms with Gasteiger partial charge in [0.25, 0.3) is 5.91 Å². The van der Waals surface area contributed by atoms with Gasteiger partial charge in [-0.1, -0.05) is 30.3 Å². The second-order valence-corrected chi connectivity index (χ2v) is 9.23. The zero-order valence-corrected chi connectivity index (χ0v) is 17.4. The molecule has 0 fully saturated rings. The Labute approximate surface area is 176 Å². The lowest BCUT2D eigenvalue weighted by molar-refractivity contribution is 0.0952. The van der Waals surface area contributed by atoms with Crippen LogP contribution in [0.25, 0.3) is 0 Å². The van der Waals surface area contributed by atoms with E-state index in [0.717, 1.165) is 18.5 Å². The fourth-order valence-corrected chi connectivity index (χ4v) is 5.07. The number of hydrogen-bond acceptors (Lipinski definition) is 4. The lowest BCUT2D eigenvalue weighted by Crippen LogP contribution is -2.36. The number of nitrogens with zero attached hydrogens (tertiary/aromatic N) is 3. The number of benzene rings is 2. The fraction of sp³-hybridized carbons (Fsp3) is 0.273. The highest BCUT2D eigenvalue weighted by Gasteiger charge is 2.28. The normalized spacial score (nSPS) is 14.3. The quantitative estimate of drug-likeness (QED) is 0.591. The summed E-state index contributed by atoms with van der Waals surface area (Å²) in [6.45, 7) is 2.04. The minimum absolute atomic E-state index is 0.146. The van der Waals surface area contributed by atoms with Crippen molar-refractivity contribution in [3.8, 4) is 0 Å². The lowest BCUT2D eigenvalue weighted by atomic mass is 10.0. The molecular weight excluding hydrogens is 400 g/mol. The maximum atomic E-state index is 13.1. The summed E-state index contributed by atoms with van der Waals surface area (Å²) in [6.07, 6.45) is 6.76. The number of hydrogen-bond donors (Lipinski definition) is 1. The van der Waals surface area contributed by atoms with E-state index in [0.29, 0.717) is 31.6 Å². The third kappa shape index (κ3) is 4.44. The monoisotopic (exact) mass is 424 g/mol. The van der Waals surface area contributed by atoms with Crippen LogP contribution in [-0.4, -0.2) is 41.3 Å². The molecule has 0 unspecified atom stereocenters. The molecule has 0 saturated carbocycles. The maximum absolute atomic E-state index is 13.1. The molecule has 1 aliphatic rings. The minimum Gasteiger partial charge on any atom is -0.352 e. The molecule has 0 atom stereocenters. The van der Waals surface area contributed by atoms with Crippen LogP contribution in [-0.2, 0) is 29.5 Å². The fourth-order valence-electron chi connectivity index (χ4n) is 3.61. The summed E-state index contributed by atoms with van der Waals surface area (Å²) in [4.78, 5) is 16.6. The van der Waals surface area contributed by atoms with Gasteiger partial charge < -0.3 is 9.88 Å². The van der Waals surface area contributed by atoms with Crippen LogP contribution in [0.2, 0.25) is 0 Å². The number of carbonyl (C=O) groups excluding carboxylic acids is 1. The molecule has 8 heteroatoms. The molecule has 7 nitrogen and oxygen atoms in total. The van der Waals surface area contributed by atoms with Gasteiger partial charge in [-0.25, -0.2) is 13.4 Å². The third-order valence-corrected chi connectivity index (χ3v) is 7.11. The first-order valence-corrected chi connectivity index (χ1v) is 11.4. The summed E-state index contributed by atoms with van der Waals surface area (Å²) in [5, 5.41) is 2.85. The molecule has 0 spiro atoms. The maximum Gasteiger partial charge on any atom is 0.251 e. The van der Waals surface area contributed by atoms with Crippen molar-refractivity contribution < 1.29 is 13.2 Å². The predicted molar refractivity (Wildman–Crippen MR) is 113 cm³/mol. The number of imidazole rings is 1. The zero-order chi connectivity index (χ0) is 21.0. The van der Waals surface area contributed by atoms with Gasteiger partial charge in [-0.3, -0.25) is 4.79 Å². The Hall–Kier alpha value is -2.97. The minimum atomic E-state index is -3.67. The Morgan fingerprint density at radius 3 is 2.73 bits per heavy atom. The van der Waals surface area contributed by atoms with Crippen molar-refractivity contribution in [3.63, 3.8) is 0 Å². The van der Waals surface area contributed by atoms with E-state index in [1.807, 2.05) is 35.0 Å². The van der Waals surface area contributed by atoms with Crippen molar-refractivity contribution >= 4 is 15.9 Å². The second-order valence-electron chi connectivity index (χ2n) is 7.30. The molecule has 30 heavy (non-hydrogen) atoms. The van der Waals surface area contributed by atoms with Gasteiger partial charge in [0.1, 0.15) is 0 Å². The zero-order valence-electron chi connectivity index (χ0n) is 16.6. The summed E-state index contributed by atoms with van der Waals surface area (Å²) in [5.41, 5.74) is 2.56. The van der Waals surface area contributed by atoms with Gasteiger partial charge in [-0.2, -0.15) is 4.31 Å². The van der Waals surface area contributed by atoms with E-state index >= 15 is 0 Å². The van der Waals surface area contributed by atoms with E-state index in [1.165, 1.54) is 15.9 Å². The average molecular weight is 425 g/mol. The number of carbonyl (C=O) groups is 1. The van der Waals surface area contributed by atoms with Gasteiger partial charge in [0.15, 0.2) is 0 Å². The Kier molecular flexibility index (Phi) is 5.96. The van der Waals surface area contributed by atoms with E-state index in [9.17, 15) is 13.2 Å². The van der Waals surface area contributed by atoms with Gasteiger partial charge in [-0.05, 0) is 42.2 Å². The van der Waals surface area contributed by atoms with Crippen molar-refractivity contribution in [2.24, 2.45) is 0 Å². The van der Waals surface area contributed by atoms with Crippen LogP contribution in [0.5, 0.6) is 0 Å². The van der Waals surface area contributed by atoms with Gasteiger partial charge in [0, 0.05) is 44.1 Å². The van der Waals surface area contributed by atoms with Crippen LogP contribution >= 0.6 is 0 Å². The van der Waals surface area contributed by atoms with Gasteiger partial charge in [0.2, 0.25) is 10.0 Å². The first kappa shape index (κ1) is 20.3. The molecule has 0 aliphatic carbocycles. The Balaban J connectivity index is 1.41. The van der Waals surface area contributed by atoms with Crippen LogP contribution in [0.4, 0.5) is 0 Å². The Morgan fingerprint density at radius 1 is 1.10 bits per heavy atom. The average Bonchev–Trinajstić information content (AvgIpc) is 3.30. The van der Waals surface area contributed by atoms with Gasteiger partial charge >= 0.3 is 0 Å². The third-order valence-electron chi connectivity index (χ3n) is 5.27. The summed E-state index contributed by atoms with van der Waals surface area (Å²) >= 11 is 0. The summed E-state index contributed by atoms with van der Waals surface area (Å²) < 4.78 is 29.7. The van der Waals surface area contributed by atoms with Crippen molar-refractivity contribution in [1.29, 1.82) is 0 Å². The summed E-state index contributed by atoms with van der Waals surface area (Å²) in [6, 6.07) is 14.2. The second kappa shape index (κ2) is 8.81. The SMILES string of the molecule is O=C(NCCCn1ccnc1)c1cccc(S(=O)(=O)N2CCc3ccccc3C2)c1. The van der Waals surface area contributed by atoms with E-state index in [-0.39, 0.29) is 10.8 Å². The van der Waals surface area contributed by atoms with E-state index in [1.54, 1.807) is 30.7 Å². The Bertz CT molecular complexity index is 1130. The van der Waals surface area contributed by atoms with Gasteiger partial charge in [0.05, 0.1) is 11.2 Å². The van der Waals surface area contributed by atoms with E-state index < -0.39 is 10.0 Å². The number of nitrogens with one attached hydrogen (secondary N) is 1. The van der Waals surface area contributed by atoms with Crippen molar-refractivity contribution in [1.82, 2.24) is 19.2 Å². The highest BCUT2D eigenvalue weighted by atomic mass is 32.2. The molecule has 1 aliphatic heterocycles. The largest absolute Gasteiger partial charge is 0.352 e. The smallest absolute Gasteiger partial charge is 0.251 e. The highest BCUT2D eigenvalue weighted by Crippen LogP contribution is 2.25. The number of aryl methyl sites for hydroxylation is 1. The first-order valence-electron chi connectivity index (χ1n) is 9.95. The molecule has 1 aromatic heterocycles. The molecule has 1 N–H and O–H groups in total. The molecule has 0 saturated heterocycles. The molecule has 156 valence electrons. The van der Waals surface area contributed by atoms with Crippen molar-refractivity contribution in [2.45, 2.75) is 30.8 Å². The molecule has 2 heterocycles. The number of rotatable bonds is 7. The topological polar surface area (TPSA) is 84.3 Å². The van der Waals surface area contributed by atoms with E-state index in [4.69, 9.17) is 0 Å². The molecule has 2 aromatic carbocycles. The predicted octanol–water partition coefficient (Wildman–Crippen LogP) is 2.45. The molecule has 1 amide bonds. The van der Waals surface area contributed by atoms with Crippen molar-refractivity contribution in [2.75, 3.05) is 13.1 Å². The number of aromatic nitrogens is 2. The number of amides is 1. The molecule has 4 rings (SSSR count). The van der Waals surface area contributed by atoms with Crippen molar-refractivity contribution in [3.05, 3.63) is 83.9 Å².